The van der Waals surface area contributed by atoms with E-state index < -0.39 is 26.7 Å². The van der Waals surface area contributed by atoms with E-state index in [-0.39, 0.29) is 23.3 Å². The van der Waals surface area contributed by atoms with Crippen molar-refractivity contribution in [3.8, 4) is 0 Å². The van der Waals surface area contributed by atoms with Gasteiger partial charge < -0.3 is 9.73 Å². The van der Waals surface area contributed by atoms with Gasteiger partial charge in [-0.05, 0) is 44.2 Å². The molecule has 2 aromatic carbocycles. The SMILES string of the molecule is CC(C)C(=O)Nc1ccc2c(c1)oc1ccc(S(=O)(=O)N3CCSC(C)(C)C3C(=O)NO)cc12. The Balaban J connectivity index is 1.76. The minimum atomic E-state index is -4.06. The first kappa shape index (κ1) is 24.5. The third-order valence-corrected chi connectivity index (χ3v) is 9.15. The Hall–Kier alpha value is -2.60. The van der Waals surface area contributed by atoms with Gasteiger partial charge in [-0.1, -0.05) is 13.8 Å². The van der Waals surface area contributed by atoms with Crippen molar-refractivity contribution in [2.24, 2.45) is 5.92 Å². The lowest BCUT2D eigenvalue weighted by molar-refractivity contribution is -0.134. The molecule has 0 radical (unpaired) electrons. The van der Waals surface area contributed by atoms with E-state index >= 15 is 0 Å². The zero-order valence-electron chi connectivity index (χ0n) is 19.3. The molecular formula is C23H27N3O6S2. The second kappa shape index (κ2) is 8.88. The van der Waals surface area contributed by atoms with Crippen LogP contribution in [0.1, 0.15) is 27.7 Å². The summed E-state index contributed by atoms with van der Waals surface area (Å²) >= 11 is 1.48. The molecule has 11 heteroatoms. The molecule has 1 aliphatic rings. The van der Waals surface area contributed by atoms with Crippen molar-refractivity contribution in [1.29, 1.82) is 0 Å². The zero-order chi connectivity index (χ0) is 24.8. The Morgan fingerprint density at radius 1 is 1.15 bits per heavy atom. The third-order valence-electron chi connectivity index (χ3n) is 5.93. The normalized spacial score (nSPS) is 18.9. The van der Waals surface area contributed by atoms with Gasteiger partial charge in [0, 0.05) is 45.5 Å². The number of nitrogens with zero attached hydrogens (tertiary/aromatic N) is 1. The van der Waals surface area contributed by atoms with Gasteiger partial charge >= 0.3 is 0 Å². The fourth-order valence-electron chi connectivity index (χ4n) is 4.14. The summed E-state index contributed by atoms with van der Waals surface area (Å²) in [6.45, 7) is 7.29. The number of benzene rings is 2. The maximum Gasteiger partial charge on any atom is 0.263 e. The van der Waals surface area contributed by atoms with Gasteiger partial charge in [-0.15, -0.1) is 0 Å². The van der Waals surface area contributed by atoms with Crippen LogP contribution in [0.2, 0.25) is 0 Å². The van der Waals surface area contributed by atoms with Crippen molar-refractivity contribution >= 4 is 61.2 Å². The van der Waals surface area contributed by atoms with Crippen molar-refractivity contribution in [3.05, 3.63) is 36.4 Å². The standard InChI is InChI=1S/C23H27N3O6S2/c1-13(2)21(27)24-14-5-7-16-17-12-15(6-8-18(17)32-19(16)11-14)34(30,31)26-9-10-33-23(3,4)20(26)22(28)25-29/h5-8,11-13,20,29H,9-10H2,1-4H3,(H,24,27)(H,25,28). The number of hydrogen-bond donors (Lipinski definition) is 3. The number of anilines is 1. The molecule has 1 fully saturated rings. The van der Waals surface area contributed by atoms with E-state index in [4.69, 9.17) is 4.42 Å². The van der Waals surface area contributed by atoms with E-state index in [1.807, 2.05) is 0 Å². The number of fused-ring (bicyclic) bond motifs is 3. The molecule has 182 valence electrons. The zero-order valence-corrected chi connectivity index (χ0v) is 20.9. The van der Waals surface area contributed by atoms with E-state index in [0.29, 0.717) is 33.4 Å². The molecule has 1 aliphatic heterocycles. The molecule has 0 spiro atoms. The van der Waals surface area contributed by atoms with E-state index in [1.165, 1.54) is 23.9 Å². The lowest BCUT2D eigenvalue weighted by Gasteiger charge is -2.43. The van der Waals surface area contributed by atoms with Crippen molar-refractivity contribution in [2.75, 3.05) is 17.6 Å². The molecule has 4 rings (SSSR count). The Morgan fingerprint density at radius 2 is 1.88 bits per heavy atom. The molecule has 1 saturated heterocycles. The Labute approximate surface area is 201 Å². The highest BCUT2D eigenvalue weighted by atomic mass is 32.2. The number of carbonyl (C=O) groups excluding carboxylic acids is 2. The van der Waals surface area contributed by atoms with Crippen LogP contribution in [0.3, 0.4) is 0 Å². The van der Waals surface area contributed by atoms with Crippen LogP contribution in [0, 0.1) is 5.92 Å². The van der Waals surface area contributed by atoms with Gasteiger partial charge in [-0.2, -0.15) is 16.1 Å². The van der Waals surface area contributed by atoms with Gasteiger partial charge in [-0.3, -0.25) is 14.8 Å². The summed E-state index contributed by atoms with van der Waals surface area (Å²) in [6.07, 6.45) is 0. The van der Waals surface area contributed by atoms with Crippen LogP contribution in [0.4, 0.5) is 5.69 Å². The predicted molar refractivity (Wildman–Crippen MR) is 131 cm³/mol. The van der Waals surface area contributed by atoms with Crippen LogP contribution in [0.15, 0.2) is 45.7 Å². The Morgan fingerprint density at radius 3 is 2.56 bits per heavy atom. The summed E-state index contributed by atoms with van der Waals surface area (Å²) in [5.41, 5.74) is 3.22. The quantitative estimate of drug-likeness (QED) is 0.357. The van der Waals surface area contributed by atoms with Gasteiger partial charge in [-0.25, -0.2) is 13.9 Å². The number of hydroxylamine groups is 1. The minimum absolute atomic E-state index is 0.0262. The summed E-state index contributed by atoms with van der Waals surface area (Å²) in [6, 6.07) is 8.71. The number of carbonyl (C=O) groups is 2. The van der Waals surface area contributed by atoms with Gasteiger partial charge in [0.2, 0.25) is 15.9 Å². The maximum atomic E-state index is 13.6. The topological polar surface area (TPSA) is 129 Å². The maximum absolute atomic E-state index is 13.6. The van der Waals surface area contributed by atoms with Crippen LogP contribution in [-0.2, 0) is 19.6 Å². The smallest absolute Gasteiger partial charge is 0.263 e. The van der Waals surface area contributed by atoms with Crippen molar-refractivity contribution in [2.45, 2.75) is 43.4 Å². The largest absolute Gasteiger partial charge is 0.456 e. The average Bonchev–Trinajstić information content (AvgIpc) is 3.14. The average molecular weight is 506 g/mol. The van der Waals surface area contributed by atoms with Crippen LogP contribution in [0.5, 0.6) is 0 Å². The lowest BCUT2D eigenvalue weighted by atomic mass is 10.0. The highest BCUT2D eigenvalue weighted by molar-refractivity contribution is 8.01. The fourth-order valence-corrected chi connectivity index (χ4v) is 7.27. The molecule has 0 aliphatic carbocycles. The highest BCUT2D eigenvalue weighted by Crippen LogP contribution is 2.39. The minimum Gasteiger partial charge on any atom is -0.456 e. The third kappa shape index (κ3) is 4.28. The predicted octanol–water partition coefficient (Wildman–Crippen LogP) is 3.57. The fraction of sp³-hybridized carbons (Fsp3) is 0.391. The van der Waals surface area contributed by atoms with E-state index in [0.717, 1.165) is 4.31 Å². The second-order valence-electron chi connectivity index (χ2n) is 9.06. The molecule has 34 heavy (non-hydrogen) atoms. The lowest BCUT2D eigenvalue weighted by Crippen LogP contribution is -2.61. The number of sulfonamides is 1. The molecule has 3 aromatic rings. The number of hydrogen-bond acceptors (Lipinski definition) is 7. The van der Waals surface area contributed by atoms with Crippen molar-refractivity contribution < 1.29 is 27.6 Å². The molecule has 1 aromatic heterocycles. The summed E-state index contributed by atoms with van der Waals surface area (Å²) in [5, 5.41) is 13.4. The number of amides is 2. The van der Waals surface area contributed by atoms with Crippen LogP contribution < -0.4 is 10.8 Å². The van der Waals surface area contributed by atoms with Crippen molar-refractivity contribution in [3.63, 3.8) is 0 Å². The van der Waals surface area contributed by atoms with Crippen LogP contribution >= 0.6 is 11.8 Å². The molecule has 9 nitrogen and oxygen atoms in total. The van der Waals surface area contributed by atoms with Gasteiger partial charge in [0.1, 0.15) is 17.2 Å². The molecule has 0 bridgehead atoms. The second-order valence-corrected chi connectivity index (χ2v) is 12.7. The molecule has 1 unspecified atom stereocenters. The molecular weight excluding hydrogens is 478 g/mol. The van der Waals surface area contributed by atoms with E-state index in [9.17, 15) is 23.2 Å². The first-order chi connectivity index (χ1) is 16.0. The molecule has 2 heterocycles. The number of thioether (sulfide) groups is 1. The first-order valence-electron chi connectivity index (χ1n) is 10.8. The Kier molecular flexibility index (Phi) is 6.40. The van der Waals surface area contributed by atoms with Gasteiger partial charge in [0.05, 0.1) is 4.90 Å². The summed E-state index contributed by atoms with van der Waals surface area (Å²) in [4.78, 5) is 24.5. The molecule has 2 amide bonds. The summed E-state index contributed by atoms with van der Waals surface area (Å²) in [5.74, 6) is -0.544. The summed E-state index contributed by atoms with van der Waals surface area (Å²) < 4.78 is 33.6. The highest BCUT2D eigenvalue weighted by Gasteiger charge is 2.48. The molecule has 3 N–H and O–H groups in total. The number of nitrogens with one attached hydrogen (secondary N) is 2. The van der Waals surface area contributed by atoms with E-state index in [1.54, 1.807) is 57.4 Å². The number of rotatable bonds is 5. The molecule has 0 saturated carbocycles. The number of furan rings is 1. The monoisotopic (exact) mass is 505 g/mol. The van der Waals surface area contributed by atoms with Crippen LogP contribution in [-0.4, -0.2) is 52.8 Å². The Bertz CT molecular complexity index is 1380. The van der Waals surface area contributed by atoms with Gasteiger partial charge in [0.15, 0.2) is 0 Å². The van der Waals surface area contributed by atoms with Crippen molar-refractivity contribution in [1.82, 2.24) is 9.79 Å². The van der Waals surface area contributed by atoms with Gasteiger partial charge in [0.25, 0.3) is 5.91 Å². The summed E-state index contributed by atoms with van der Waals surface area (Å²) in [7, 11) is -4.06. The van der Waals surface area contributed by atoms with E-state index in [2.05, 4.69) is 5.32 Å². The molecule has 1 atom stereocenters. The first-order valence-corrected chi connectivity index (χ1v) is 13.2. The van der Waals surface area contributed by atoms with Crippen LogP contribution in [0.25, 0.3) is 21.9 Å².